The molecule has 0 fully saturated rings. The Labute approximate surface area is 359 Å². The standard InChI is InChI=1S/C22H24N2O4S.C14H14O3.C8H12N2O2S.C2H2/c1-15(17-5-6-19-14-20(28-2)8-7-18(19)13-17)22(25)24-12-11-16-3-9-21(10-4-16)29(23,26)27;1-9(14(15)16)10-3-4-12-8-13(17-2)6-5-11(12)7-10;9-6-5-7-1-3-8(4-2-7)13(10,11)12;1-2/h3-10,13-15H,11-12H2,1-2H3,(H,24,25)(H2,23,26,27);3-9H,1-2H3,(H,15,16);1-4H,5-6,9H2,(H2,10,11,12);1-2H/i;;;1D. The molecule has 1 amide bonds. The summed E-state index contributed by atoms with van der Waals surface area (Å²) >= 11 is 0. The first kappa shape index (κ1) is 47.4. The van der Waals surface area contributed by atoms with Gasteiger partial charge in [0, 0.05) is 6.54 Å². The van der Waals surface area contributed by atoms with Crippen LogP contribution in [0.15, 0.2) is 131 Å². The first-order valence-corrected chi connectivity index (χ1v) is 21.9. The van der Waals surface area contributed by atoms with Crippen molar-refractivity contribution in [3.05, 3.63) is 144 Å². The van der Waals surface area contributed by atoms with E-state index in [2.05, 4.69) is 11.7 Å². The third kappa shape index (κ3) is 14.7. The van der Waals surface area contributed by atoms with Gasteiger partial charge in [0.25, 0.3) is 0 Å². The van der Waals surface area contributed by atoms with Gasteiger partial charge in [0.05, 0.1) is 35.8 Å². The maximum absolute atomic E-state index is 12.5. The van der Waals surface area contributed by atoms with E-state index in [9.17, 15) is 26.4 Å². The molecule has 0 radical (unpaired) electrons. The molecule has 0 aromatic heterocycles. The third-order valence-corrected chi connectivity index (χ3v) is 11.4. The Bertz CT molecular complexity index is 2710. The molecule has 0 aliphatic carbocycles. The van der Waals surface area contributed by atoms with E-state index in [1.807, 2.05) is 79.7 Å². The van der Waals surface area contributed by atoms with Crippen LogP contribution in [0.5, 0.6) is 11.5 Å². The molecule has 15 heteroatoms. The van der Waals surface area contributed by atoms with E-state index < -0.39 is 31.9 Å². The molecule has 6 rings (SSSR count). The molecule has 6 aromatic carbocycles. The van der Waals surface area contributed by atoms with E-state index >= 15 is 0 Å². The second-order valence-corrected chi connectivity index (χ2v) is 16.8. The van der Waals surface area contributed by atoms with Crippen LogP contribution < -0.4 is 30.8 Å². The minimum Gasteiger partial charge on any atom is -0.497 e. The fraction of sp³-hybridized carbons (Fsp3) is 0.217. The number of fused-ring (bicyclic) bond motifs is 2. The molecule has 0 aliphatic rings. The lowest BCUT2D eigenvalue weighted by molar-refractivity contribution is -0.138. The summed E-state index contributed by atoms with van der Waals surface area (Å²) in [6, 6.07) is 36.0. The zero-order valence-corrected chi connectivity index (χ0v) is 36.0. The van der Waals surface area contributed by atoms with Crippen molar-refractivity contribution < 1.29 is 42.4 Å². The summed E-state index contributed by atoms with van der Waals surface area (Å²) in [5, 5.41) is 26.1. The maximum atomic E-state index is 12.5. The van der Waals surface area contributed by atoms with Crippen molar-refractivity contribution in [2.75, 3.05) is 27.3 Å². The number of aliphatic carboxylic acids is 1. The number of benzene rings is 6. The number of sulfonamides is 2. The third-order valence-electron chi connectivity index (χ3n) is 9.56. The largest absolute Gasteiger partial charge is 0.497 e. The highest BCUT2D eigenvalue weighted by atomic mass is 32.2. The number of hydrogen-bond acceptors (Lipinski definition) is 9. The second-order valence-electron chi connectivity index (χ2n) is 13.7. The number of rotatable bonds is 13. The molecular weight excluding hydrogens is 817 g/mol. The normalized spacial score (nSPS) is 12.0. The molecule has 61 heavy (non-hydrogen) atoms. The molecule has 8 N–H and O–H groups in total. The van der Waals surface area contributed by atoms with Crippen molar-refractivity contribution in [2.24, 2.45) is 16.0 Å². The number of carboxylic acids is 1. The predicted octanol–water partition coefficient (Wildman–Crippen LogP) is 6.08. The molecule has 6 aromatic rings. The Morgan fingerprint density at radius 3 is 1.41 bits per heavy atom. The number of nitrogens with two attached hydrogens (primary N) is 3. The van der Waals surface area contributed by atoms with Crippen molar-refractivity contribution in [1.29, 1.82) is 0 Å². The number of primary sulfonamides is 2. The molecule has 2 atom stereocenters. The SMILES string of the molecule is COc1ccc2cc(C(C)C(=O)NCCc3ccc(S(N)(=O)=O)cc3)ccc2c1.COc1ccc2cc(C(C)C(=O)O)ccc2c1.NCCc1ccc(S(N)(=O)=O)cc1.[2H]C#C. The number of amides is 1. The fourth-order valence-electron chi connectivity index (χ4n) is 5.91. The minimum absolute atomic E-state index is 0.0565. The van der Waals surface area contributed by atoms with Gasteiger partial charge in [0.15, 0.2) is 0 Å². The molecule has 0 bridgehead atoms. The van der Waals surface area contributed by atoms with Crippen molar-refractivity contribution in [2.45, 2.75) is 48.3 Å². The summed E-state index contributed by atoms with van der Waals surface area (Å²) < 4.78 is 60.4. The van der Waals surface area contributed by atoms with Gasteiger partial charge in [-0.3, -0.25) is 9.59 Å². The first-order chi connectivity index (χ1) is 29.3. The summed E-state index contributed by atoms with van der Waals surface area (Å²) in [6.45, 7) is 4.57. The van der Waals surface area contributed by atoms with Gasteiger partial charge in [-0.1, -0.05) is 72.8 Å². The molecule has 0 saturated carbocycles. The highest BCUT2D eigenvalue weighted by Crippen LogP contribution is 2.27. The summed E-state index contributed by atoms with van der Waals surface area (Å²) in [7, 11) is -4.00. The number of ether oxygens (including phenoxy) is 2. The number of nitrogens with one attached hydrogen (secondary N) is 1. The van der Waals surface area contributed by atoms with E-state index in [-0.39, 0.29) is 21.6 Å². The summed E-state index contributed by atoms with van der Waals surface area (Å²) in [5.74, 6) is -0.0330. The van der Waals surface area contributed by atoms with Crippen LogP contribution in [0.4, 0.5) is 0 Å². The number of hydrogen-bond donors (Lipinski definition) is 5. The van der Waals surface area contributed by atoms with Crippen LogP contribution in [0.1, 0.15) is 49.3 Å². The Morgan fingerprint density at radius 2 is 1.03 bits per heavy atom. The lowest BCUT2D eigenvalue weighted by Crippen LogP contribution is -2.29. The smallest absolute Gasteiger partial charge is 0.310 e. The van der Waals surface area contributed by atoms with Gasteiger partial charge < -0.3 is 25.6 Å². The van der Waals surface area contributed by atoms with Crippen LogP contribution in [0.2, 0.25) is 0 Å². The molecule has 0 heterocycles. The first-order valence-electron chi connectivity index (χ1n) is 19.3. The van der Waals surface area contributed by atoms with Crippen LogP contribution in [-0.2, 0) is 42.5 Å². The Hall–Kier alpha value is -6.28. The zero-order valence-electron chi connectivity index (χ0n) is 35.4. The molecular formula is C46H52N4O9S2. The van der Waals surface area contributed by atoms with E-state index in [4.69, 9.17) is 32.0 Å². The van der Waals surface area contributed by atoms with Crippen LogP contribution in [-0.4, -0.2) is 61.1 Å². The number of terminal acetylenes is 1. The van der Waals surface area contributed by atoms with Crippen molar-refractivity contribution >= 4 is 53.5 Å². The van der Waals surface area contributed by atoms with Gasteiger partial charge in [-0.15, -0.1) is 12.8 Å². The summed E-state index contributed by atoms with van der Waals surface area (Å²) in [5.41, 5.74) is 9.03. The summed E-state index contributed by atoms with van der Waals surface area (Å²) in [6.07, 6.45) is 7.10. The predicted molar refractivity (Wildman–Crippen MR) is 240 cm³/mol. The Morgan fingerprint density at radius 1 is 0.656 bits per heavy atom. The van der Waals surface area contributed by atoms with Crippen LogP contribution in [0.25, 0.3) is 21.5 Å². The second kappa shape index (κ2) is 22.9. The van der Waals surface area contributed by atoms with Gasteiger partial charge in [-0.05, 0) is 126 Å². The fourth-order valence-corrected chi connectivity index (χ4v) is 6.94. The molecule has 322 valence electrons. The molecule has 0 aliphatic heterocycles. The van der Waals surface area contributed by atoms with E-state index in [1.54, 1.807) is 45.4 Å². The van der Waals surface area contributed by atoms with Gasteiger partial charge in [0.2, 0.25) is 26.0 Å². The molecule has 13 nitrogen and oxygen atoms in total. The number of methoxy groups -OCH3 is 2. The monoisotopic (exact) mass is 869 g/mol. The van der Waals surface area contributed by atoms with Crippen LogP contribution in [0.3, 0.4) is 0 Å². The highest BCUT2D eigenvalue weighted by Gasteiger charge is 2.16. The number of carboxylic acid groups (broad SMARTS) is 1. The van der Waals surface area contributed by atoms with E-state index in [1.165, 1.54) is 30.7 Å². The average Bonchev–Trinajstić information content (AvgIpc) is 3.25. The quantitative estimate of drug-likeness (QED) is 0.0840. The lowest BCUT2D eigenvalue weighted by atomic mass is 9.97. The number of carbonyl (C=O) groups is 2. The van der Waals surface area contributed by atoms with Gasteiger partial charge in [-0.2, -0.15) is 0 Å². The van der Waals surface area contributed by atoms with E-state index in [0.29, 0.717) is 19.5 Å². The Kier molecular flexibility index (Phi) is 17.8. The summed E-state index contributed by atoms with van der Waals surface area (Å²) in [4.78, 5) is 23.7. The Balaban J connectivity index is 0.000000262. The topological polar surface area (TPSA) is 231 Å². The lowest BCUT2D eigenvalue weighted by Gasteiger charge is -2.14. The highest BCUT2D eigenvalue weighted by molar-refractivity contribution is 7.89. The molecule has 0 saturated heterocycles. The zero-order chi connectivity index (χ0) is 46.0. The van der Waals surface area contributed by atoms with Gasteiger partial charge in [-0.25, -0.2) is 27.1 Å². The maximum Gasteiger partial charge on any atom is 0.310 e. The van der Waals surface area contributed by atoms with Gasteiger partial charge in [0.1, 0.15) is 12.9 Å². The minimum atomic E-state index is -3.69. The van der Waals surface area contributed by atoms with Crippen LogP contribution >= 0.6 is 0 Å². The molecule has 2 unspecified atom stereocenters. The van der Waals surface area contributed by atoms with Crippen molar-refractivity contribution in [1.82, 2.24) is 5.32 Å². The molecule has 0 spiro atoms. The van der Waals surface area contributed by atoms with Gasteiger partial charge >= 0.3 is 5.97 Å². The average molecular weight is 870 g/mol. The van der Waals surface area contributed by atoms with Crippen molar-refractivity contribution in [3.8, 4) is 24.3 Å². The number of carbonyl (C=O) groups excluding carboxylic acids is 1. The van der Waals surface area contributed by atoms with Crippen LogP contribution in [0, 0.1) is 12.8 Å². The van der Waals surface area contributed by atoms with E-state index in [0.717, 1.165) is 61.7 Å². The van der Waals surface area contributed by atoms with Crippen molar-refractivity contribution in [3.63, 3.8) is 0 Å².